The van der Waals surface area contributed by atoms with E-state index in [0.717, 1.165) is 46.7 Å². The van der Waals surface area contributed by atoms with Gasteiger partial charge in [-0.15, -0.1) is 0 Å². The summed E-state index contributed by atoms with van der Waals surface area (Å²) in [6.45, 7) is 4.88. The summed E-state index contributed by atoms with van der Waals surface area (Å²) in [5.74, 6) is 0.765. The fourth-order valence-electron chi connectivity index (χ4n) is 4.96. The number of benzene rings is 2. The lowest BCUT2D eigenvalue weighted by Gasteiger charge is -2.34. The van der Waals surface area contributed by atoms with Crippen LogP contribution in [0.2, 0.25) is 0 Å². The van der Waals surface area contributed by atoms with Gasteiger partial charge in [0.15, 0.2) is 5.43 Å². The number of carboxylic acid groups (broad SMARTS) is 1. The van der Waals surface area contributed by atoms with Crippen LogP contribution in [0.1, 0.15) is 41.4 Å². The van der Waals surface area contributed by atoms with Crippen molar-refractivity contribution in [2.75, 3.05) is 13.7 Å². The van der Waals surface area contributed by atoms with Crippen molar-refractivity contribution in [3.8, 4) is 33.9 Å². The average Bonchev–Trinajstić information content (AvgIpc) is 3.27. The van der Waals surface area contributed by atoms with Crippen LogP contribution in [0.3, 0.4) is 0 Å². The molecular weight excluding hydrogens is 406 g/mol. The number of ether oxygens (including phenoxy) is 2. The number of hydrogen-bond acceptors (Lipinski definition) is 4. The normalized spacial score (nSPS) is 16.2. The maximum absolute atomic E-state index is 12.6. The van der Waals surface area contributed by atoms with Gasteiger partial charge in [0.25, 0.3) is 0 Å². The lowest BCUT2D eigenvalue weighted by Crippen LogP contribution is -2.28. The Hall–Kier alpha value is -3.54. The van der Waals surface area contributed by atoms with Crippen LogP contribution in [0, 0.1) is 5.92 Å². The van der Waals surface area contributed by atoms with Gasteiger partial charge in [-0.2, -0.15) is 0 Å². The number of pyridine rings is 1. The van der Waals surface area contributed by atoms with Crippen molar-refractivity contribution in [1.29, 1.82) is 0 Å². The molecule has 0 saturated heterocycles. The first-order valence-corrected chi connectivity index (χ1v) is 10.8. The summed E-state index contributed by atoms with van der Waals surface area (Å²) in [5.41, 5.74) is 5.47. The SMILES string of the molecule is COc1ccc(-c2cc3c(c4c2OCC4)C[C@@H](C(C)C)n2cc(C(=O)O)c(=O)cc2-3)cc1. The third-order valence-corrected chi connectivity index (χ3v) is 6.62. The van der Waals surface area contributed by atoms with Crippen LogP contribution >= 0.6 is 0 Å². The van der Waals surface area contributed by atoms with E-state index < -0.39 is 11.4 Å². The fraction of sp³-hybridized carbons (Fsp3) is 0.308. The zero-order chi connectivity index (χ0) is 22.6. The van der Waals surface area contributed by atoms with Crippen LogP contribution in [0.15, 0.2) is 47.4 Å². The third kappa shape index (κ3) is 3.09. The van der Waals surface area contributed by atoms with Crippen LogP contribution in [-0.2, 0) is 12.8 Å². The molecule has 5 rings (SSSR count). The lowest BCUT2D eigenvalue weighted by atomic mass is 9.82. The van der Waals surface area contributed by atoms with Gasteiger partial charge in [0.2, 0.25) is 0 Å². The average molecular weight is 431 g/mol. The Morgan fingerprint density at radius 2 is 1.91 bits per heavy atom. The first kappa shape index (κ1) is 20.4. The lowest BCUT2D eigenvalue weighted by molar-refractivity contribution is 0.0694. The second-order valence-electron chi connectivity index (χ2n) is 8.75. The van der Waals surface area contributed by atoms with Crippen molar-refractivity contribution in [3.05, 3.63) is 69.5 Å². The van der Waals surface area contributed by atoms with E-state index in [1.165, 1.54) is 23.4 Å². The van der Waals surface area contributed by atoms with Gasteiger partial charge >= 0.3 is 5.97 Å². The van der Waals surface area contributed by atoms with E-state index in [0.29, 0.717) is 6.61 Å². The highest BCUT2D eigenvalue weighted by Gasteiger charge is 2.33. The van der Waals surface area contributed by atoms with Gasteiger partial charge in [-0.05, 0) is 41.7 Å². The molecule has 0 unspecified atom stereocenters. The standard InChI is InChI=1S/C26H25NO5/c1-14(2)22-11-19-17-8-9-32-25(17)18(15-4-6-16(31-3)7-5-15)10-20(19)23-12-24(28)21(26(29)30)13-27(22)23/h4-7,10,12-14,22H,8-9,11H2,1-3H3,(H,29,30)/t22-/m0/s1. The van der Waals surface area contributed by atoms with Gasteiger partial charge in [0.05, 0.1) is 19.4 Å². The first-order chi connectivity index (χ1) is 15.4. The molecule has 32 heavy (non-hydrogen) atoms. The van der Waals surface area contributed by atoms with Crippen molar-refractivity contribution in [3.63, 3.8) is 0 Å². The molecule has 0 aliphatic carbocycles. The van der Waals surface area contributed by atoms with E-state index in [1.807, 2.05) is 28.8 Å². The maximum atomic E-state index is 12.6. The summed E-state index contributed by atoms with van der Waals surface area (Å²) in [4.78, 5) is 24.3. The zero-order valence-corrected chi connectivity index (χ0v) is 18.3. The molecule has 2 aliphatic rings. The predicted octanol–water partition coefficient (Wildman–Crippen LogP) is 4.58. The minimum atomic E-state index is -1.19. The Balaban J connectivity index is 1.78. The van der Waals surface area contributed by atoms with E-state index in [1.54, 1.807) is 7.11 Å². The highest BCUT2D eigenvalue weighted by molar-refractivity contribution is 5.88. The Morgan fingerprint density at radius 3 is 2.56 bits per heavy atom. The molecule has 1 N–H and O–H groups in total. The molecule has 6 heteroatoms. The number of fused-ring (bicyclic) bond motifs is 5. The molecular formula is C26H25NO5. The number of nitrogens with zero attached hydrogens (tertiary/aromatic N) is 1. The van der Waals surface area contributed by atoms with Gasteiger partial charge in [-0.1, -0.05) is 26.0 Å². The molecule has 1 aromatic heterocycles. The van der Waals surface area contributed by atoms with Crippen molar-refractivity contribution in [2.45, 2.75) is 32.7 Å². The van der Waals surface area contributed by atoms with Crippen molar-refractivity contribution in [1.82, 2.24) is 4.57 Å². The molecule has 3 heterocycles. The summed E-state index contributed by atoms with van der Waals surface area (Å²) in [7, 11) is 1.64. The molecule has 1 atom stereocenters. The topological polar surface area (TPSA) is 77.8 Å². The number of methoxy groups -OCH3 is 1. The molecule has 0 radical (unpaired) electrons. The van der Waals surface area contributed by atoms with E-state index in [2.05, 4.69) is 19.9 Å². The molecule has 2 aromatic carbocycles. The van der Waals surface area contributed by atoms with E-state index >= 15 is 0 Å². The van der Waals surface area contributed by atoms with Gasteiger partial charge in [0, 0.05) is 41.4 Å². The van der Waals surface area contributed by atoms with Crippen LogP contribution in [-0.4, -0.2) is 29.4 Å². The highest BCUT2D eigenvalue weighted by atomic mass is 16.5. The zero-order valence-electron chi connectivity index (χ0n) is 18.3. The Kier molecular flexibility index (Phi) is 4.81. The smallest absolute Gasteiger partial charge is 0.341 e. The molecule has 0 amide bonds. The van der Waals surface area contributed by atoms with Gasteiger partial charge in [-0.3, -0.25) is 4.79 Å². The Bertz CT molecular complexity index is 1290. The van der Waals surface area contributed by atoms with Crippen LogP contribution in [0.25, 0.3) is 22.4 Å². The molecule has 2 aliphatic heterocycles. The molecule has 0 bridgehead atoms. The minimum Gasteiger partial charge on any atom is -0.497 e. The predicted molar refractivity (Wildman–Crippen MR) is 122 cm³/mol. The van der Waals surface area contributed by atoms with Crippen LogP contribution in [0.5, 0.6) is 11.5 Å². The van der Waals surface area contributed by atoms with E-state index in [9.17, 15) is 14.7 Å². The first-order valence-electron chi connectivity index (χ1n) is 10.8. The number of aromatic carboxylic acids is 1. The number of carboxylic acids is 1. The summed E-state index contributed by atoms with van der Waals surface area (Å²) in [5, 5.41) is 9.51. The van der Waals surface area contributed by atoms with Crippen molar-refractivity contribution < 1.29 is 19.4 Å². The number of aromatic nitrogens is 1. The second kappa shape index (κ2) is 7.55. The summed E-state index contributed by atoms with van der Waals surface area (Å²) in [6, 6.07) is 11.5. The fourth-order valence-corrected chi connectivity index (χ4v) is 4.96. The summed E-state index contributed by atoms with van der Waals surface area (Å²) < 4.78 is 13.4. The quantitative estimate of drug-likeness (QED) is 0.654. The number of rotatable bonds is 4. The number of hydrogen-bond donors (Lipinski definition) is 1. The molecule has 0 saturated carbocycles. The van der Waals surface area contributed by atoms with Crippen molar-refractivity contribution in [2.24, 2.45) is 5.92 Å². The molecule has 0 spiro atoms. The third-order valence-electron chi connectivity index (χ3n) is 6.62. The Labute approximate surface area is 186 Å². The molecule has 164 valence electrons. The van der Waals surface area contributed by atoms with Gasteiger partial charge < -0.3 is 19.1 Å². The van der Waals surface area contributed by atoms with E-state index in [-0.39, 0.29) is 17.5 Å². The second-order valence-corrected chi connectivity index (χ2v) is 8.75. The highest BCUT2D eigenvalue weighted by Crippen LogP contribution is 2.48. The van der Waals surface area contributed by atoms with Crippen molar-refractivity contribution >= 4 is 5.97 Å². The summed E-state index contributed by atoms with van der Waals surface area (Å²) >= 11 is 0. The van der Waals surface area contributed by atoms with Gasteiger partial charge in [-0.25, -0.2) is 4.79 Å². The minimum absolute atomic E-state index is 0.0627. The largest absolute Gasteiger partial charge is 0.497 e. The Morgan fingerprint density at radius 1 is 1.16 bits per heavy atom. The summed E-state index contributed by atoms with van der Waals surface area (Å²) in [6.07, 6.45) is 3.12. The van der Waals surface area contributed by atoms with Crippen LogP contribution < -0.4 is 14.9 Å². The van der Waals surface area contributed by atoms with E-state index in [4.69, 9.17) is 9.47 Å². The molecule has 6 nitrogen and oxygen atoms in total. The molecule has 3 aromatic rings. The number of carbonyl (C=O) groups is 1. The van der Waals surface area contributed by atoms with Crippen LogP contribution in [0.4, 0.5) is 0 Å². The molecule has 0 fully saturated rings. The monoisotopic (exact) mass is 431 g/mol. The maximum Gasteiger partial charge on any atom is 0.341 e. The van der Waals surface area contributed by atoms with Gasteiger partial charge in [0.1, 0.15) is 17.1 Å².